The molecule has 0 fully saturated rings. The van der Waals surface area contributed by atoms with E-state index in [1.54, 1.807) is 0 Å². The van der Waals surface area contributed by atoms with Crippen LogP contribution in [0.2, 0.25) is 0 Å². The van der Waals surface area contributed by atoms with E-state index in [1.165, 1.54) is 0 Å². The molecular weight excluding hydrogens is 243 g/mol. The number of hydrogen-bond donors (Lipinski definition) is 0. The van der Waals surface area contributed by atoms with Crippen molar-refractivity contribution in [1.82, 2.24) is 0 Å². The molecule has 9 heteroatoms. The first-order chi connectivity index (χ1) is 5.98. The molecule has 15 heavy (non-hydrogen) atoms. The van der Waals surface area contributed by atoms with Crippen molar-refractivity contribution in [3.63, 3.8) is 0 Å². The van der Waals surface area contributed by atoms with Gasteiger partial charge < -0.3 is 0 Å². The van der Waals surface area contributed by atoms with Gasteiger partial charge in [-0.3, -0.25) is 4.70 Å². The number of allylic oxidation sites excluding steroid dienone is 1. The summed E-state index contributed by atoms with van der Waals surface area (Å²) in [5.74, 6) is 0. The van der Waals surface area contributed by atoms with Gasteiger partial charge in [-0.2, -0.15) is 26.3 Å². The van der Waals surface area contributed by atoms with Crippen LogP contribution in [0.4, 0.5) is 39.8 Å². The van der Waals surface area contributed by atoms with Gasteiger partial charge in [0.25, 0.3) is 0 Å². The van der Waals surface area contributed by atoms with E-state index in [2.05, 4.69) is 6.58 Å². The molecule has 0 saturated carbocycles. The van der Waals surface area contributed by atoms with E-state index in [0.29, 0.717) is 0 Å². The summed E-state index contributed by atoms with van der Waals surface area (Å²) in [4.78, 5) is 0. The third-order valence-corrected chi connectivity index (χ3v) is 0.617. The summed E-state index contributed by atoms with van der Waals surface area (Å²) in [5, 5.41) is 0. The number of hydrogen-bond acceptors (Lipinski definition) is 0. The Morgan fingerprint density at radius 3 is 1.27 bits per heavy atom. The summed E-state index contributed by atoms with van der Waals surface area (Å²) in [5.41, 5.74) is 0. The zero-order valence-corrected chi connectivity index (χ0v) is 7.00. The zero-order chi connectivity index (χ0) is 12.0. The van der Waals surface area contributed by atoms with E-state index in [-0.39, 0.29) is 10.8 Å². The molecule has 0 atom stereocenters. The standard InChI is InChI=1S/C3H3F5.C3H3F3.FH/c4-2(5)1-3(6,7)8;1-2-3(4,5)6;/h2H,1H2;2H,1H2;1H. The molecular formula is C6H7F9. The molecule has 0 amide bonds. The van der Waals surface area contributed by atoms with E-state index >= 15 is 0 Å². The molecule has 0 nitrogen and oxygen atoms in total. The molecule has 0 aromatic heterocycles. The van der Waals surface area contributed by atoms with Crippen molar-refractivity contribution < 1.29 is 39.8 Å². The summed E-state index contributed by atoms with van der Waals surface area (Å²) in [7, 11) is 0. The quantitative estimate of drug-likeness (QED) is 0.485. The topological polar surface area (TPSA) is 0 Å². The minimum absolute atomic E-state index is 0. The van der Waals surface area contributed by atoms with Gasteiger partial charge in [0.15, 0.2) is 0 Å². The third-order valence-electron chi connectivity index (χ3n) is 0.617. The summed E-state index contributed by atoms with van der Waals surface area (Å²) < 4.78 is 86.1. The number of rotatable bonds is 1. The second-order valence-corrected chi connectivity index (χ2v) is 1.96. The molecule has 94 valence electrons. The molecule has 0 rings (SSSR count). The number of alkyl halides is 8. The van der Waals surface area contributed by atoms with E-state index in [0.717, 1.165) is 0 Å². The molecule has 0 heterocycles. The lowest BCUT2D eigenvalue weighted by molar-refractivity contribution is -0.158. The fourth-order valence-electron chi connectivity index (χ4n) is 0.175. The highest BCUT2D eigenvalue weighted by molar-refractivity contribution is 4.75. The first kappa shape index (κ1) is 19.6. The Bertz CT molecular complexity index is 153. The highest BCUT2D eigenvalue weighted by Gasteiger charge is 2.31. The van der Waals surface area contributed by atoms with Crippen LogP contribution in [0, 0.1) is 0 Å². The van der Waals surface area contributed by atoms with Gasteiger partial charge in [0.1, 0.15) is 6.42 Å². The molecule has 0 saturated heterocycles. The second-order valence-electron chi connectivity index (χ2n) is 1.96. The molecule has 0 aromatic carbocycles. The lowest BCUT2D eigenvalue weighted by atomic mass is 10.4. The Morgan fingerprint density at radius 1 is 1.00 bits per heavy atom. The van der Waals surface area contributed by atoms with Gasteiger partial charge in [-0.25, -0.2) is 8.78 Å². The summed E-state index contributed by atoms with van der Waals surface area (Å²) in [6, 6.07) is 0. The molecule has 0 unspecified atom stereocenters. The van der Waals surface area contributed by atoms with Gasteiger partial charge in [-0.1, -0.05) is 6.58 Å². The SMILES string of the molecule is C=CC(F)(F)F.F.FC(F)CC(F)(F)F. The molecule has 0 N–H and O–H groups in total. The van der Waals surface area contributed by atoms with Crippen molar-refractivity contribution >= 4 is 0 Å². The fourth-order valence-corrected chi connectivity index (χ4v) is 0.175. The first-order valence-corrected chi connectivity index (χ1v) is 3.03. The maximum absolute atomic E-state index is 10.8. The van der Waals surface area contributed by atoms with Gasteiger partial charge in [0, 0.05) is 6.08 Å². The maximum atomic E-state index is 10.8. The first-order valence-electron chi connectivity index (χ1n) is 3.03. The third kappa shape index (κ3) is 32.0. The smallest absolute Gasteiger partial charge is 0.269 e. The van der Waals surface area contributed by atoms with Crippen LogP contribution in [0.15, 0.2) is 12.7 Å². The Hall–Kier alpha value is -0.890. The number of halogens is 9. The Morgan fingerprint density at radius 2 is 1.27 bits per heavy atom. The van der Waals surface area contributed by atoms with Gasteiger partial charge in [0.2, 0.25) is 6.43 Å². The van der Waals surface area contributed by atoms with Crippen LogP contribution in [0.1, 0.15) is 6.42 Å². The van der Waals surface area contributed by atoms with Gasteiger partial charge in [0.05, 0.1) is 0 Å². The van der Waals surface area contributed by atoms with Crippen LogP contribution >= 0.6 is 0 Å². The minimum Gasteiger partial charge on any atom is -0.269 e. The lowest BCUT2D eigenvalue weighted by Crippen LogP contribution is -2.12. The maximum Gasteiger partial charge on any atom is 0.409 e. The van der Waals surface area contributed by atoms with Gasteiger partial charge >= 0.3 is 12.4 Å². The van der Waals surface area contributed by atoms with Crippen molar-refractivity contribution in [2.45, 2.75) is 25.2 Å². The van der Waals surface area contributed by atoms with Gasteiger partial charge in [-0.05, 0) is 0 Å². The average molecular weight is 250 g/mol. The van der Waals surface area contributed by atoms with Crippen molar-refractivity contribution in [1.29, 1.82) is 0 Å². The van der Waals surface area contributed by atoms with Crippen LogP contribution < -0.4 is 0 Å². The minimum atomic E-state index is -4.73. The molecule has 0 aliphatic carbocycles. The molecule has 0 aromatic rings. The van der Waals surface area contributed by atoms with E-state index < -0.39 is 25.2 Å². The van der Waals surface area contributed by atoms with Crippen LogP contribution in [0.3, 0.4) is 0 Å². The van der Waals surface area contributed by atoms with Crippen LogP contribution in [0.25, 0.3) is 0 Å². The van der Waals surface area contributed by atoms with Crippen molar-refractivity contribution in [2.24, 2.45) is 0 Å². The summed E-state index contributed by atoms with van der Waals surface area (Å²) in [6.07, 6.45) is -14.3. The largest absolute Gasteiger partial charge is 0.409 e. The molecule has 0 bridgehead atoms. The molecule has 0 radical (unpaired) electrons. The fraction of sp³-hybridized carbons (Fsp3) is 0.667. The summed E-state index contributed by atoms with van der Waals surface area (Å²) >= 11 is 0. The Kier molecular flexibility index (Phi) is 9.70. The highest BCUT2D eigenvalue weighted by Crippen LogP contribution is 2.23. The lowest BCUT2D eigenvalue weighted by Gasteiger charge is -2.02. The highest BCUT2D eigenvalue weighted by atomic mass is 19.4. The van der Waals surface area contributed by atoms with Gasteiger partial charge in [-0.15, -0.1) is 0 Å². The molecule has 0 aliphatic heterocycles. The molecule has 0 spiro atoms. The van der Waals surface area contributed by atoms with Crippen molar-refractivity contribution in [3.05, 3.63) is 12.7 Å². The monoisotopic (exact) mass is 250 g/mol. The van der Waals surface area contributed by atoms with E-state index in [1.807, 2.05) is 0 Å². The van der Waals surface area contributed by atoms with E-state index in [4.69, 9.17) is 0 Å². The average Bonchev–Trinajstić information content (AvgIpc) is 1.81. The van der Waals surface area contributed by atoms with Crippen molar-refractivity contribution in [3.8, 4) is 0 Å². The molecule has 0 aliphatic rings. The predicted molar refractivity (Wildman–Crippen MR) is 35.4 cm³/mol. The van der Waals surface area contributed by atoms with Crippen LogP contribution in [-0.4, -0.2) is 18.8 Å². The Labute approximate surface area is 78.9 Å². The normalized spacial score (nSPS) is 11.3. The van der Waals surface area contributed by atoms with Crippen molar-refractivity contribution in [2.75, 3.05) is 0 Å². The predicted octanol–water partition coefficient (Wildman–Crippen LogP) is 4.09. The van der Waals surface area contributed by atoms with Crippen LogP contribution in [-0.2, 0) is 0 Å². The summed E-state index contributed by atoms with van der Waals surface area (Å²) in [6.45, 7) is 2.51. The zero-order valence-electron chi connectivity index (χ0n) is 7.00. The Balaban J connectivity index is -0.000000187. The second kappa shape index (κ2) is 7.41. The van der Waals surface area contributed by atoms with E-state index in [9.17, 15) is 35.1 Å². The van der Waals surface area contributed by atoms with Crippen LogP contribution in [0.5, 0.6) is 0 Å².